The summed E-state index contributed by atoms with van der Waals surface area (Å²) >= 11 is 1.46. The lowest BCUT2D eigenvalue weighted by atomic mass is 10.0. The first-order chi connectivity index (χ1) is 14.7. The Balaban J connectivity index is 0.000000316. The molecule has 4 heterocycles. The second-order valence-corrected chi connectivity index (χ2v) is 7.78. The summed E-state index contributed by atoms with van der Waals surface area (Å²) in [6.45, 7) is 7.15. The van der Waals surface area contributed by atoms with E-state index in [1.54, 1.807) is 6.20 Å². The summed E-state index contributed by atoms with van der Waals surface area (Å²) in [5.41, 5.74) is 4.25. The zero-order valence-electron chi connectivity index (χ0n) is 17.2. The number of rotatable bonds is 4. The number of carbonyl (C=O) groups excluding carboxylic acids is 1. The zero-order chi connectivity index (χ0) is 21.3. The van der Waals surface area contributed by atoms with E-state index in [1.165, 1.54) is 35.3 Å². The number of aryl methyl sites for hydroxylation is 2. The molecule has 0 spiro atoms. The average molecular weight is 420 g/mol. The lowest BCUT2D eigenvalue weighted by Gasteiger charge is -2.10. The lowest BCUT2D eigenvalue weighted by Crippen LogP contribution is -2.04. The van der Waals surface area contributed by atoms with Crippen molar-refractivity contribution in [3.05, 3.63) is 65.7 Å². The highest BCUT2D eigenvalue weighted by Gasteiger charge is 2.20. The van der Waals surface area contributed by atoms with Gasteiger partial charge < -0.3 is 10.1 Å². The molecule has 5 rings (SSSR count). The minimum atomic E-state index is 0.834. The quantitative estimate of drug-likeness (QED) is 0.496. The van der Waals surface area contributed by atoms with Crippen molar-refractivity contribution in [3.63, 3.8) is 0 Å². The summed E-state index contributed by atoms with van der Waals surface area (Å²) < 4.78 is 3.76. The van der Waals surface area contributed by atoms with Crippen LogP contribution in [0.5, 0.6) is 0 Å². The zero-order valence-corrected chi connectivity index (χ0v) is 18.0. The molecule has 1 saturated carbocycles. The number of pyridine rings is 3. The maximum Gasteiger partial charge on any atom is 0.126 e. The number of anilines is 1. The van der Waals surface area contributed by atoms with Crippen LogP contribution in [0.4, 0.5) is 5.82 Å². The van der Waals surface area contributed by atoms with Crippen LogP contribution in [0.25, 0.3) is 22.0 Å². The normalized spacial score (nSPS) is 12.3. The largest absolute Gasteiger partial charge is 0.370 e. The van der Waals surface area contributed by atoms with Gasteiger partial charge in [-0.25, -0.2) is 9.36 Å². The highest BCUT2D eigenvalue weighted by Crippen LogP contribution is 2.30. The van der Waals surface area contributed by atoms with Gasteiger partial charge in [0.1, 0.15) is 12.6 Å². The van der Waals surface area contributed by atoms with E-state index in [-0.39, 0.29) is 0 Å². The molecule has 0 unspecified atom stereocenters. The number of nitrogens with zero attached hydrogens (tertiary/aromatic N) is 4. The molecule has 1 aliphatic rings. The van der Waals surface area contributed by atoms with E-state index < -0.39 is 0 Å². The minimum absolute atomic E-state index is 0.834. The van der Waals surface area contributed by atoms with Crippen LogP contribution in [-0.4, -0.2) is 32.7 Å². The molecule has 0 atom stereocenters. The van der Waals surface area contributed by atoms with Gasteiger partial charge in [-0.1, -0.05) is 0 Å². The molecule has 0 bridgehead atoms. The highest BCUT2D eigenvalue weighted by molar-refractivity contribution is 7.03. The minimum Gasteiger partial charge on any atom is -0.370 e. The van der Waals surface area contributed by atoms with Crippen molar-refractivity contribution in [1.29, 1.82) is 0 Å². The average Bonchev–Trinajstić information content (AvgIpc) is 3.40. The predicted octanol–water partition coefficient (Wildman–Crippen LogP) is 5.09. The molecule has 0 aromatic carbocycles. The third-order valence-corrected chi connectivity index (χ3v) is 5.36. The standard InChI is InChI=1S/C19H20N4.C3H3NS.CH2O/c1-12-5-6-20-10-16(12)18-7-15-8-19(21-9-14-3-4-14)22-11-17(15)13(2)23-18;1-2-4-5-3-1;1-2/h5-8,10-11,14H,3-4,9H2,1-2H3,(H,21,22);1-3H;1H2. The molecule has 0 aliphatic heterocycles. The molecule has 30 heavy (non-hydrogen) atoms. The van der Waals surface area contributed by atoms with Crippen molar-refractivity contribution in [2.24, 2.45) is 5.92 Å². The topological polar surface area (TPSA) is 80.7 Å². The summed E-state index contributed by atoms with van der Waals surface area (Å²) in [5.74, 6) is 1.78. The first-order valence-corrected chi connectivity index (χ1v) is 10.6. The molecule has 1 N–H and O–H groups in total. The van der Waals surface area contributed by atoms with Crippen LogP contribution in [-0.2, 0) is 4.79 Å². The Morgan fingerprint density at radius 3 is 2.63 bits per heavy atom. The number of hydrogen-bond acceptors (Lipinski definition) is 7. The Kier molecular flexibility index (Phi) is 7.57. The molecular formula is C23H25N5OS. The molecule has 1 fully saturated rings. The van der Waals surface area contributed by atoms with Crippen molar-refractivity contribution in [3.8, 4) is 11.3 Å². The van der Waals surface area contributed by atoms with Gasteiger partial charge in [0.05, 0.1) is 5.69 Å². The van der Waals surface area contributed by atoms with Gasteiger partial charge in [-0.15, -0.1) is 0 Å². The summed E-state index contributed by atoms with van der Waals surface area (Å²) in [5, 5.41) is 7.65. The maximum absolute atomic E-state index is 8.00. The second kappa shape index (κ2) is 10.5. The molecule has 4 aromatic rings. The van der Waals surface area contributed by atoms with Crippen molar-refractivity contribution in [2.45, 2.75) is 26.7 Å². The van der Waals surface area contributed by atoms with Gasteiger partial charge in [0.2, 0.25) is 0 Å². The van der Waals surface area contributed by atoms with Crippen LogP contribution in [0.15, 0.2) is 54.4 Å². The van der Waals surface area contributed by atoms with E-state index in [4.69, 9.17) is 9.78 Å². The van der Waals surface area contributed by atoms with Gasteiger partial charge in [-0.2, -0.15) is 0 Å². The molecule has 1 aliphatic carbocycles. The number of carbonyl (C=O) groups is 1. The van der Waals surface area contributed by atoms with Crippen LogP contribution in [0.3, 0.4) is 0 Å². The lowest BCUT2D eigenvalue weighted by molar-refractivity contribution is -0.0979. The third kappa shape index (κ3) is 5.67. The van der Waals surface area contributed by atoms with Crippen LogP contribution in [0.2, 0.25) is 0 Å². The number of aromatic nitrogens is 4. The first-order valence-electron chi connectivity index (χ1n) is 9.76. The summed E-state index contributed by atoms with van der Waals surface area (Å²) in [7, 11) is 0. The van der Waals surface area contributed by atoms with E-state index in [2.05, 4.69) is 38.7 Å². The predicted molar refractivity (Wildman–Crippen MR) is 123 cm³/mol. The number of hydrogen-bond donors (Lipinski definition) is 1. The summed E-state index contributed by atoms with van der Waals surface area (Å²) in [4.78, 5) is 21.5. The Morgan fingerprint density at radius 2 is 2.00 bits per heavy atom. The van der Waals surface area contributed by atoms with E-state index in [1.807, 2.05) is 49.8 Å². The second-order valence-electron chi connectivity index (χ2n) is 7.09. The number of nitrogens with one attached hydrogen (secondary N) is 1. The van der Waals surface area contributed by atoms with Crippen LogP contribution < -0.4 is 5.32 Å². The van der Waals surface area contributed by atoms with Crippen molar-refractivity contribution in [2.75, 3.05) is 11.9 Å². The van der Waals surface area contributed by atoms with E-state index in [0.717, 1.165) is 40.6 Å². The van der Waals surface area contributed by atoms with Gasteiger partial charge >= 0.3 is 0 Å². The van der Waals surface area contributed by atoms with E-state index in [9.17, 15) is 0 Å². The van der Waals surface area contributed by atoms with E-state index >= 15 is 0 Å². The van der Waals surface area contributed by atoms with E-state index in [0.29, 0.717) is 0 Å². The molecule has 7 heteroatoms. The third-order valence-electron chi connectivity index (χ3n) is 4.84. The first kappa shape index (κ1) is 21.5. The van der Waals surface area contributed by atoms with Crippen LogP contribution in [0.1, 0.15) is 24.1 Å². The Morgan fingerprint density at radius 1 is 1.17 bits per heavy atom. The van der Waals surface area contributed by atoms with Crippen LogP contribution >= 0.6 is 11.5 Å². The highest BCUT2D eigenvalue weighted by atomic mass is 32.1. The Bertz CT molecular complexity index is 1060. The maximum atomic E-state index is 8.00. The fourth-order valence-electron chi connectivity index (χ4n) is 3.03. The molecule has 154 valence electrons. The smallest absolute Gasteiger partial charge is 0.126 e. The molecule has 0 amide bonds. The Labute approximate surface area is 180 Å². The van der Waals surface area contributed by atoms with Crippen LogP contribution in [0, 0.1) is 19.8 Å². The van der Waals surface area contributed by atoms with Gasteiger partial charge in [0.25, 0.3) is 0 Å². The van der Waals surface area contributed by atoms with Gasteiger partial charge in [-0.05, 0) is 79.4 Å². The SMILES string of the molecule is C=O.Cc1ccncc1-c1cc2cc(NCC3CC3)ncc2c(C)n1.c1cnsc1. The van der Waals surface area contributed by atoms with Gasteiger partial charge in [0.15, 0.2) is 0 Å². The van der Waals surface area contributed by atoms with Crippen molar-refractivity contribution < 1.29 is 4.79 Å². The summed E-state index contributed by atoms with van der Waals surface area (Å²) in [6.07, 6.45) is 10.1. The number of fused-ring (bicyclic) bond motifs is 1. The fraction of sp³-hybridized carbons (Fsp3) is 0.261. The van der Waals surface area contributed by atoms with Gasteiger partial charge in [0, 0.05) is 53.4 Å². The summed E-state index contributed by atoms with van der Waals surface area (Å²) in [6, 6.07) is 8.19. The van der Waals surface area contributed by atoms with Crippen molar-refractivity contribution >= 4 is 34.9 Å². The monoisotopic (exact) mass is 419 g/mol. The van der Waals surface area contributed by atoms with Crippen molar-refractivity contribution in [1.82, 2.24) is 19.3 Å². The Hall–Kier alpha value is -3.19. The molecule has 4 aromatic heterocycles. The molecular weight excluding hydrogens is 394 g/mol. The molecule has 0 radical (unpaired) electrons. The molecule has 6 nitrogen and oxygen atoms in total. The van der Waals surface area contributed by atoms with Gasteiger partial charge in [-0.3, -0.25) is 9.97 Å². The molecule has 0 saturated heterocycles. The fourth-order valence-corrected chi connectivity index (χ4v) is 3.38.